The molecule has 0 saturated carbocycles. The van der Waals surface area contributed by atoms with Crippen molar-refractivity contribution in [3.8, 4) is 17.0 Å². The van der Waals surface area contributed by atoms with Crippen molar-refractivity contribution in [2.24, 2.45) is 0 Å². The Hall–Kier alpha value is -2.94. The van der Waals surface area contributed by atoms with E-state index >= 15 is 0 Å². The number of amides is 1. The molecule has 3 heterocycles. The van der Waals surface area contributed by atoms with Gasteiger partial charge in [0, 0.05) is 11.6 Å². The van der Waals surface area contributed by atoms with Crippen LogP contribution in [0.4, 0.5) is 0 Å². The van der Waals surface area contributed by atoms with E-state index in [1.807, 2.05) is 45.0 Å². The first-order valence-corrected chi connectivity index (χ1v) is 12.1. The predicted octanol–water partition coefficient (Wildman–Crippen LogP) is 2.91. The van der Waals surface area contributed by atoms with E-state index in [9.17, 15) is 13.2 Å². The van der Waals surface area contributed by atoms with Gasteiger partial charge in [0.1, 0.15) is 5.75 Å². The highest BCUT2D eigenvalue weighted by Crippen LogP contribution is 2.32. The zero-order chi connectivity index (χ0) is 22.3. The zero-order valence-electron chi connectivity index (χ0n) is 18.0. The number of sulfone groups is 1. The minimum Gasteiger partial charge on any atom is -0.497 e. The van der Waals surface area contributed by atoms with Gasteiger partial charge in [-0.2, -0.15) is 5.10 Å². The topological polar surface area (TPSA) is 103 Å². The molecule has 1 unspecified atom stereocenters. The summed E-state index contributed by atoms with van der Waals surface area (Å²) in [6.07, 6.45) is 0.483. The van der Waals surface area contributed by atoms with E-state index in [4.69, 9.17) is 9.72 Å². The summed E-state index contributed by atoms with van der Waals surface area (Å²) in [4.78, 5) is 17.9. The number of carbonyl (C=O) groups is 1. The van der Waals surface area contributed by atoms with Crippen LogP contribution >= 0.6 is 0 Å². The van der Waals surface area contributed by atoms with E-state index in [-0.39, 0.29) is 29.5 Å². The summed E-state index contributed by atoms with van der Waals surface area (Å²) in [6.45, 7) is 5.62. The molecule has 1 saturated heterocycles. The molecule has 4 rings (SSSR count). The maximum Gasteiger partial charge on any atom is 0.252 e. The molecule has 0 radical (unpaired) electrons. The van der Waals surface area contributed by atoms with Crippen molar-refractivity contribution < 1.29 is 17.9 Å². The first kappa shape index (κ1) is 21.3. The maximum absolute atomic E-state index is 13.1. The fourth-order valence-electron chi connectivity index (χ4n) is 3.99. The summed E-state index contributed by atoms with van der Waals surface area (Å²) in [6, 6.07) is 8.88. The molecule has 1 aliphatic rings. The third-order valence-electron chi connectivity index (χ3n) is 5.42. The van der Waals surface area contributed by atoms with Gasteiger partial charge in [0.15, 0.2) is 15.5 Å². The molecule has 1 aliphatic heterocycles. The van der Waals surface area contributed by atoms with Crippen molar-refractivity contribution >= 4 is 26.8 Å². The number of aryl methyl sites for hydroxylation is 1. The number of aromatic nitrogens is 3. The van der Waals surface area contributed by atoms with Crippen LogP contribution in [0.1, 0.15) is 42.4 Å². The van der Waals surface area contributed by atoms with Gasteiger partial charge in [0.2, 0.25) is 0 Å². The molecule has 1 atom stereocenters. The highest BCUT2D eigenvalue weighted by molar-refractivity contribution is 7.91. The molecular weight excluding hydrogens is 416 g/mol. The molecule has 0 spiro atoms. The van der Waals surface area contributed by atoms with Crippen molar-refractivity contribution in [1.29, 1.82) is 0 Å². The summed E-state index contributed by atoms with van der Waals surface area (Å²) in [5.41, 5.74) is 3.04. The van der Waals surface area contributed by atoms with Crippen LogP contribution in [-0.4, -0.2) is 53.7 Å². The number of hydrogen-bond donors (Lipinski definition) is 1. The lowest BCUT2D eigenvalue weighted by Gasteiger charge is -2.13. The van der Waals surface area contributed by atoms with Crippen molar-refractivity contribution in [2.45, 2.75) is 39.3 Å². The van der Waals surface area contributed by atoms with Gasteiger partial charge in [-0.05, 0) is 45.4 Å². The van der Waals surface area contributed by atoms with E-state index in [1.165, 1.54) is 0 Å². The number of benzene rings is 1. The van der Waals surface area contributed by atoms with E-state index in [1.54, 1.807) is 17.9 Å². The van der Waals surface area contributed by atoms with Gasteiger partial charge in [0.25, 0.3) is 5.91 Å². The quantitative estimate of drug-likeness (QED) is 0.652. The lowest BCUT2D eigenvalue weighted by Crippen LogP contribution is -2.30. The Kier molecular flexibility index (Phi) is 5.47. The smallest absolute Gasteiger partial charge is 0.252 e. The molecular formula is C22H26N4O4S. The van der Waals surface area contributed by atoms with Crippen LogP contribution in [0.3, 0.4) is 0 Å². The Morgan fingerprint density at radius 1 is 1.29 bits per heavy atom. The Morgan fingerprint density at radius 2 is 2.06 bits per heavy atom. The second-order valence-corrected chi connectivity index (χ2v) is 10.4. The maximum atomic E-state index is 13.1. The van der Waals surface area contributed by atoms with Crippen LogP contribution in [0, 0.1) is 6.92 Å². The van der Waals surface area contributed by atoms with Crippen LogP contribution in [0.25, 0.3) is 22.3 Å². The molecule has 1 amide bonds. The number of pyridine rings is 1. The molecule has 0 aliphatic carbocycles. The second kappa shape index (κ2) is 7.96. The third-order valence-corrected chi connectivity index (χ3v) is 7.17. The number of carbonyl (C=O) groups excluding carboxylic acids is 1. The average molecular weight is 443 g/mol. The molecule has 2 aromatic heterocycles. The fraction of sp³-hybridized carbons (Fsp3) is 0.409. The number of methoxy groups -OCH3 is 1. The normalized spacial score (nSPS) is 17.9. The molecule has 9 heteroatoms. The first-order valence-electron chi connectivity index (χ1n) is 10.2. The fourth-order valence-corrected chi connectivity index (χ4v) is 5.68. The number of ether oxygens (including phenoxy) is 1. The van der Waals surface area contributed by atoms with E-state index in [2.05, 4.69) is 10.4 Å². The lowest BCUT2D eigenvalue weighted by atomic mass is 10.0. The Bertz CT molecular complexity index is 1260. The Balaban J connectivity index is 1.95. The van der Waals surface area contributed by atoms with Crippen molar-refractivity contribution in [3.05, 3.63) is 41.6 Å². The summed E-state index contributed by atoms with van der Waals surface area (Å²) in [5, 5.41) is 8.21. The molecule has 3 aromatic rings. The van der Waals surface area contributed by atoms with Crippen LogP contribution in [0.15, 0.2) is 30.3 Å². The largest absolute Gasteiger partial charge is 0.497 e. The number of hydrogen-bond acceptors (Lipinski definition) is 6. The van der Waals surface area contributed by atoms with Crippen LogP contribution < -0.4 is 10.1 Å². The van der Waals surface area contributed by atoms with E-state index < -0.39 is 9.84 Å². The van der Waals surface area contributed by atoms with Gasteiger partial charge in [0.05, 0.1) is 47.0 Å². The summed E-state index contributed by atoms with van der Waals surface area (Å²) in [7, 11) is -1.51. The van der Waals surface area contributed by atoms with Crippen molar-refractivity contribution in [3.63, 3.8) is 0 Å². The van der Waals surface area contributed by atoms with Gasteiger partial charge in [-0.1, -0.05) is 12.1 Å². The van der Waals surface area contributed by atoms with Gasteiger partial charge in [-0.25, -0.2) is 18.1 Å². The molecule has 1 fully saturated rings. The summed E-state index contributed by atoms with van der Waals surface area (Å²) >= 11 is 0. The number of rotatable bonds is 5. The average Bonchev–Trinajstić information content (AvgIpc) is 3.25. The lowest BCUT2D eigenvalue weighted by molar-refractivity contribution is 0.0944. The number of nitrogens with one attached hydrogen (secondary N) is 1. The highest BCUT2D eigenvalue weighted by atomic mass is 32.2. The second-order valence-electron chi connectivity index (χ2n) is 8.20. The van der Waals surface area contributed by atoms with Crippen LogP contribution in [-0.2, 0) is 9.84 Å². The van der Waals surface area contributed by atoms with E-state index in [0.29, 0.717) is 40.2 Å². The highest BCUT2D eigenvalue weighted by Gasteiger charge is 2.32. The van der Waals surface area contributed by atoms with Crippen molar-refractivity contribution in [1.82, 2.24) is 20.1 Å². The number of nitrogens with zero attached hydrogens (tertiary/aromatic N) is 3. The Morgan fingerprint density at radius 3 is 2.71 bits per heavy atom. The molecule has 0 bridgehead atoms. The van der Waals surface area contributed by atoms with Crippen LogP contribution in [0.2, 0.25) is 0 Å². The molecule has 31 heavy (non-hydrogen) atoms. The molecule has 1 N–H and O–H groups in total. The monoisotopic (exact) mass is 442 g/mol. The van der Waals surface area contributed by atoms with Gasteiger partial charge >= 0.3 is 0 Å². The zero-order valence-corrected chi connectivity index (χ0v) is 18.9. The standard InChI is InChI=1S/C22H26N4O4S/c1-13(2)23-22(27)18-11-19(15-6-5-7-17(10-15)30-4)24-21-20(18)14(3)25-26(21)16-8-9-31(28,29)12-16/h5-7,10-11,13,16H,8-9,12H2,1-4H3,(H,23,27). The van der Waals surface area contributed by atoms with Crippen molar-refractivity contribution in [2.75, 3.05) is 18.6 Å². The summed E-state index contributed by atoms with van der Waals surface area (Å²) < 4.78 is 31.2. The minimum absolute atomic E-state index is 0.0296. The third kappa shape index (κ3) is 4.14. The summed E-state index contributed by atoms with van der Waals surface area (Å²) in [5.74, 6) is 0.628. The van der Waals surface area contributed by atoms with E-state index in [0.717, 1.165) is 5.56 Å². The van der Waals surface area contributed by atoms with Gasteiger partial charge in [-0.3, -0.25) is 4.79 Å². The molecule has 164 valence electrons. The van der Waals surface area contributed by atoms with Crippen LogP contribution in [0.5, 0.6) is 5.75 Å². The first-order chi connectivity index (χ1) is 14.7. The predicted molar refractivity (Wildman–Crippen MR) is 119 cm³/mol. The minimum atomic E-state index is -3.10. The van der Waals surface area contributed by atoms with Gasteiger partial charge in [-0.15, -0.1) is 0 Å². The van der Waals surface area contributed by atoms with Gasteiger partial charge < -0.3 is 10.1 Å². The SMILES string of the molecule is COc1cccc(-c2cc(C(=O)NC(C)C)c3c(C)nn(C4CCS(=O)(=O)C4)c3n2)c1. The Labute approximate surface area is 181 Å². The molecule has 8 nitrogen and oxygen atoms in total. The molecule has 1 aromatic carbocycles. The number of fused-ring (bicyclic) bond motifs is 1.